The van der Waals surface area contributed by atoms with Crippen molar-refractivity contribution in [2.24, 2.45) is 5.92 Å². The second kappa shape index (κ2) is 11.0. The van der Waals surface area contributed by atoms with E-state index in [9.17, 15) is 10.1 Å². The molecule has 3 rings (SSSR count). The van der Waals surface area contributed by atoms with Crippen LogP contribution in [0.15, 0.2) is 58.3 Å². The normalized spacial score (nSPS) is 15.0. The summed E-state index contributed by atoms with van der Waals surface area (Å²) in [6.45, 7) is 6.57. The van der Waals surface area contributed by atoms with Gasteiger partial charge < -0.3 is 10.2 Å². The zero-order valence-corrected chi connectivity index (χ0v) is 17.9. The number of unbranched alkanes of at least 4 members (excludes halogenated alkanes) is 1. The fourth-order valence-electron chi connectivity index (χ4n) is 3.55. The van der Waals surface area contributed by atoms with Crippen LogP contribution in [0.3, 0.4) is 0 Å². The minimum atomic E-state index is -0.0469. The molecule has 4 nitrogen and oxygen atoms in total. The molecular weight excluding hydrogens is 378 g/mol. The summed E-state index contributed by atoms with van der Waals surface area (Å²) in [5.41, 5.74) is 1.29. The quantitative estimate of drug-likeness (QED) is 0.629. The van der Waals surface area contributed by atoms with Gasteiger partial charge >= 0.3 is 0 Å². The molecule has 1 aliphatic heterocycles. The molecule has 1 amide bonds. The van der Waals surface area contributed by atoms with Crippen LogP contribution in [0, 0.1) is 17.2 Å². The highest BCUT2D eigenvalue weighted by molar-refractivity contribution is 7.99. The van der Waals surface area contributed by atoms with Gasteiger partial charge in [-0.15, -0.1) is 0 Å². The highest BCUT2D eigenvalue weighted by atomic mass is 32.2. The number of piperidine rings is 1. The summed E-state index contributed by atoms with van der Waals surface area (Å²) in [6.07, 6.45) is 4.71. The molecule has 1 heterocycles. The molecule has 1 aliphatic rings. The number of carbonyl (C=O) groups is 1. The van der Waals surface area contributed by atoms with E-state index in [1.165, 1.54) is 37.7 Å². The van der Waals surface area contributed by atoms with Crippen molar-refractivity contribution in [3.8, 4) is 6.07 Å². The maximum Gasteiger partial charge on any atom is 0.252 e. The largest absolute Gasteiger partial charge is 0.352 e. The molecule has 1 saturated heterocycles. The van der Waals surface area contributed by atoms with Gasteiger partial charge in [0.1, 0.15) is 6.07 Å². The van der Waals surface area contributed by atoms with Crippen molar-refractivity contribution in [1.29, 1.82) is 5.26 Å². The van der Waals surface area contributed by atoms with Gasteiger partial charge in [-0.3, -0.25) is 4.79 Å². The van der Waals surface area contributed by atoms with E-state index < -0.39 is 0 Å². The van der Waals surface area contributed by atoms with E-state index in [-0.39, 0.29) is 5.91 Å². The van der Waals surface area contributed by atoms with Crippen LogP contribution in [0.2, 0.25) is 0 Å². The van der Waals surface area contributed by atoms with Gasteiger partial charge in [-0.2, -0.15) is 5.26 Å². The lowest BCUT2D eigenvalue weighted by Gasteiger charge is -2.30. The second-order valence-corrected chi connectivity index (χ2v) is 8.78. The van der Waals surface area contributed by atoms with E-state index >= 15 is 0 Å². The summed E-state index contributed by atoms with van der Waals surface area (Å²) in [4.78, 5) is 17.0. The Morgan fingerprint density at radius 1 is 1.10 bits per heavy atom. The zero-order chi connectivity index (χ0) is 20.5. The molecule has 0 radical (unpaired) electrons. The maximum atomic E-state index is 12.7. The fraction of sp³-hybridized carbons (Fsp3) is 0.417. The number of benzene rings is 2. The molecule has 1 N–H and O–H groups in total. The molecule has 0 aliphatic carbocycles. The number of nitriles is 1. The molecule has 0 spiro atoms. The van der Waals surface area contributed by atoms with E-state index in [0.717, 1.165) is 35.1 Å². The summed E-state index contributed by atoms with van der Waals surface area (Å²) in [7, 11) is 0. The Bertz CT molecular complexity index is 853. The lowest BCUT2D eigenvalue weighted by Crippen LogP contribution is -2.34. The molecule has 0 aromatic heterocycles. The second-order valence-electron chi connectivity index (χ2n) is 7.69. The van der Waals surface area contributed by atoms with Crippen LogP contribution in [0.25, 0.3) is 0 Å². The third-order valence-corrected chi connectivity index (χ3v) is 6.57. The van der Waals surface area contributed by atoms with Crippen molar-refractivity contribution in [2.45, 2.75) is 42.4 Å². The first kappa shape index (κ1) is 21.4. The molecule has 0 unspecified atom stereocenters. The smallest absolute Gasteiger partial charge is 0.252 e. The molecule has 2 aromatic carbocycles. The van der Waals surface area contributed by atoms with Crippen LogP contribution in [-0.4, -0.2) is 37.0 Å². The number of amides is 1. The predicted molar refractivity (Wildman–Crippen MR) is 118 cm³/mol. The Morgan fingerprint density at radius 2 is 1.79 bits per heavy atom. The molecular formula is C24H29N3OS. The summed E-state index contributed by atoms with van der Waals surface area (Å²) >= 11 is 1.47. The number of hydrogen-bond donors (Lipinski definition) is 1. The third kappa shape index (κ3) is 6.35. The highest BCUT2D eigenvalue weighted by Crippen LogP contribution is 2.32. The average molecular weight is 408 g/mol. The van der Waals surface area contributed by atoms with Crippen molar-refractivity contribution in [2.75, 3.05) is 26.2 Å². The first-order chi connectivity index (χ1) is 14.2. The van der Waals surface area contributed by atoms with Crippen LogP contribution in [-0.2, 0) is 0 Å². The van der Waals surface area contributed by atoms with Gasteiger partial charge in [0, 0.05) is 16.3 Å². The summed E-state index contributed by atoms with van der Waals surface area (Å²) in [6, 6.07) is 17.3. The molecule has 0 atom stereocenters. The fourth-order valence-corrected chi connectivity index (χ4v) is 4.58. The van der Waals surface area contributed by atoms with Gasteiger partial charge in [0.15, 0.2) is 0 Å². The molecule has 2 aromatic rings. The first-order valence-electron chi connectivity index (χ1n) is 10.4. The van der Waals surface area contributed by atoms with Gasteiger partial charge in [-0.25, -0.2) is 0 Å². The van der Waals surface area contributed by atoms with Crippen molar-refractivity contribution in [3.05, 3.63) is 59.7 Å². The van der Waals surface area contributed by atoms with Gasteiger partial charge in [0.05, 0.1) is 11.1 Å². The number of hydrogen-bond acceptors (Lipinski definition) is 4. The molecule has 0 bridgehead atoms. The Kier molecular flexibility index (Phi) is 8.15. The predicted octanol–water partition coefficient (Wildman–Crippen LogP) is 4.95. The van der Waals surface area contributed by atoms with Crippen molar-refractivity contribution in [1.82, 2.24) is 10.2 Å². The Morgan fingerprint density at radius 3 is 2.55 bits per heavy atom. The standard InChI is InChI=1S/C24H29N3OS/c1-19-12-16-27(17-13-19)15-7-6-14-26-24(28)21-9-3-5-11-23(21)29-22-10-4-2-8-20(22)18-25/h2-5,8-11,19H,6-7,12-17H2,1H3,(H,26,28). The SMILES string of the molecule is CC1CCN(CCCCNC(=O)c2ccccc2Sc2ccccc2C#N)CC1. The Balaban J connectivity index is 1.49. The topological polar surface area (TPSA) is 56.1 Å². The van der Waals surface area contributed by atoms with Gasteiger partial charge in [0.25, 0.3) is 5.91 Å². The molecule has 5 heteroatoms. The monoisotopic (exact) mass is 407 g/mol. The van der Waals surface area contributed by atoms with Crippen LogP contribution >= 0.6 is 11.8 Å². The van der Waals surface area contributed by atoms with Gasteiger partial charge in [0.2, 0.25) is 0 Å². The maximum absolute atomic E-state index is 12.7. The molecule has 152 valence electrons. The minimum absolute atomic E-state index is 0.0469. The van der Waals surface area contributed by atoms with Crippen molar-refractivity contribution >= 4 is 17.7 Å². The first-order valence-corrected chi connectivity index (χ1v) is 11.3. The number of rotatable bonds is 8. The minimum Gasteiger partial charge on any atom is -0.352 e. The number of nitrogens with zero attached hydrogens (tertiary/aromatic N) is 2. The zero-order valence-electron chi connectivity index (χ0n) is 17.1. The summed E-state index contributed by atoms with van der Waals surface area (Å²) in [5.74, 6) is 0.818. The van der Waals surface area contributed by atoms with Crippen molar-refractivity contribution < 1.29 is 4.79 Å². The van der Waals surface area contributed by atoms with Crippen molar-refractivity contribution in [3.63, 3.8) is 0 Å². The van der Waals surface area contributed by atoms with E-state index in [1.807, 2.05) is 42.5 Å². The van der Waals surface area contributed by atoms with Crippen LogP contribution in [0.1, 0.15) is 48.5 Å². The van der Waals surface area contributed by atoms with Crippen LogP contribution in [0.4, 0.5) is 0 Å². The van der Waals surface area contributed by atoms with E-state index in [0.29, 0.717) is 17.7 Å². The van der Waals surface area contributed by atoms with E-state index in [1.54, 1.807) is 6.07 Å². The molecule has 29 heavy (non-hydrogen) atoms. The summed E-state index contributed by atoms with van der Waals surface area (Å²) in [5, 5.41) is 12.4. The van der Waals surface area contributed by atoms with E-state index in [4.69, 9.17) is 0 Å². The highest BCUT2D eigenvalue weighted by Gasteiger charge is 2.15. The Labute approximate surface area is 178 Å². The number of nitrogens with one attached hydrogen (secondary N) is 1. The third-order valence-electron chi connectivity index (χ3n) is 5.42. The van der Waals surface area contributed by atoms with Gasteiger partial charge in [-0.05, 0) is 75.5 Å². The molecule has 1 fully saturated rings. The Hall–Kier alpha value is -2.29. The lowest BCUT2D eigenvalue weighted by molar-refractivity contribution is 0.0949. The van der Waals surface area contributed by atoms with Crippen LogP contribution < -0.4 is 5.32 Å². The molecule has 0 saturated carbocycles. The number of likely N-dealkylation sites (tertiary alicyclic amines) is 1. The lowest BCUT2D eigenvalue weighted by atomic mass is 9.99. The van der Waals surface area contributed by atoms with Crippen LogP contribution in [0.5, 0.6) is 0 Å². The van der Waals surface area contributed by atoms with E-state index in [2.05, 4.69) is 23.2 Å². The summed E-state index contributed by atoms with van der Waals surface area (Å²) < 4.78 is 0. The van der Waals surface area contributed by atoms with Gasteiger partial charge in [-0.1, -0.05) is 43.0 Å². The average Bonchev–Trinajstić information content (AvgIpc) is 2.75. The number of carbonyl (C=O) groups excluding carboxylic acids is 1.